The number of amides is 1. The Kier molecular flexibility index (Phi) is 10.5. The summed E-state index contributed by atoms with van der Waals surface area (Å²) >= 11 is 0. The van der Waals surface area contributed by atoms with E-state index in [1.54, 1.807) is 29.0 Å². The summed E-state index contributed by atoms with van der Waals surface area (Å²) in [5.74, 6) is -1.75. The van der Waals surface area contributed by atoms with Crippen molar-refractivity contribution in [2.45, 2.75) is 45.9 Å². The highest BCUT2D eigenvalue weighted by Gasteiger charge is 2.38. The van der Waals surface area contributed by atoms with Gasteiger partial charge in [-0.3, -0.25) is 9.59 Å². The van der Waals surface area contributed by atoms with Crippen molar-refractivity contribution in [3.05, 3.63) is 121 Å². The number of ether oxygens (including phenoxy) is 1. The number of nitrogens with zero attached hydrogens (tertiary/aromatic N) is 2. The van der Waals surface area contributed by atoms with E-state index < -0.39 is 29.4 Å². The minimum absolute atomic E-state index is 0.0887. The summed E-state index contributed by atoms with van der Waals surface area (Å²) in [5.41, 5.74) is 4.88. The van der Waals surface area contributed by atoms with E-state index in [-0.39, 0.29) is 25.5 Å². The Hall–Kier alpha value is -4.93. The molecule has 44 heavy (non-hydrogen) atoms. The number of hydrogen-bond donors (Lipinski definition) is 2. The monoisotopic (exact) mass is 589 g/mol. The quantitative estimate of drug-likeness (QED) is 0.141. The highest BCUT2D eigenvalue weighted by molar-refractivity contribution is 5.87. The number of aromatic nitrogens is 1. The molecule has 7 heteroatoms. The lowest BCUT2D eigenvalue weighted by molar-refractivity contribution is -0.154. The van der Waals surface area contributed by atoms with Gasteiger partial charge in [0.2, 0.25) is 5.91 Å². The fourth-order valence-electron chi connectivity index (χ4n) is 5.04. The molecule has 0 saturated heterocycles. The number of rotatable bonds is 12. The molecule has 7 nitrogen and oxygen atoms in total. The third-order valence-electron chi connectivity index (χ3n) is 7.74. The van der Waals surface area contributed by atoms with Crippen LogP contribution >= 0.6 is 0 Å². The van der Waals surface area contributed by atoms with Crippen LogP contribution in [0.25, 0.3) is 22.3 Å². The average molecular weight is 590 g/mol. The molecule has 0 saturated carbocycles. The highest BCUT2D eigenvalue weighted by atomic mass is 16.5. The van der Waals surface area contributed by atoms with Crippen LogP contribution in [0.3, 0.4) is 0 Å². The van der Waals surface area contributed by atoms with Crippen LogP contribution in [0.4, 0.5) is 0 Å². The van der Waals surface area contributed by atoms with E-state index in [0.29, 0.717) is 5.56 Å². The Bertz CT molecular complexity index is 1590. The van der Waals surface area contributed by atoms with Gasteiger partial charge in [0.15, 0.2) is 0 Å². The third-order valence-corrected chi connectivity index (χ3v) is 7.74. The molecule has 1 aromatic heterocycles. The van der Waals surface area contributed by atoms with Gasteiger partial charge in [0.25, 0.3) is 0 Å². The van der Waals surface area contributed by atoms with Gasteiger partial charge >= 0.3 is 5.97 Å². The molecular formula is C37H39N3O4. The lowest BCUT2D eigenvalue weighted by Crippen LogP contribution is -2.50. The van der Waals surface area contributed by atoms with Crippen LogP contribution in [0.15, 0.2) is 110 Å². The van der Waals surface area contributed by atoms with Crippen molar-refractivity contribution in [2.75, 3.05) is 6.61 Å². The first-order chi connectivity index (χ1) is 21.1. The molecule has 4 rings (SSSR count). The second kappa shape index (κ2) is 14.5. The third kappa shape index (κ3) is 7.91. The molecular weight excluding hydrogens is 550 g/mol. The Morgan fingerprint density at radius 1 is 0.955 bits per heavy atom. The minimum atomic E-state index is -0.945. The van der Waals surface area contributed by atoms with Gasteiger partial charge in [0, 0.05) is 12.4 Å². The van der Waals surface area contributed by atoms with E-state index in [1.165, 1.54) is 0 Å². The van der Waals surface area contributed by atoms with Gasteiger partial charge in [-0.2, -0.15) is 5.26 Å². The van der Waals surface area contributed by atoms with Gasteiger partial charge in [0.1, 0.15) is 12.6 Å². The molecule has 0 bridgehead atoms. The van der Waals surface area contributed by atoms with Crippen LogP contribution in [0.2, 0.25) is 0 Å². The van der Waals surface area contributed by atoms with Crippen molar-refractivity contribution in [3.8, 4) is 28.3 Å². The van der Waals surface area contributed by atoms with Crippen LogP contribution < -0.4 is 5.32 Å². The summed E-state index contributed by atoms with van der Waals surface area (Å²) in [5, 5.41) is 22.1. The Morgan fingerprint density at radius 2 is 1.55 bits per heavy atom. The number of nitrogens with one attached hydrogen (secondary N) is 1. The van der Waals surface area contributed by atoms with Crippen LogP contribution in [-0.2, 0) is 20.9 Å². The number of nitriles is 1. The lowest BCUT2D eigenvalue weighted by Gasteiger charge is -2.33. The number of esters is 1. The molecule has 1 heterocycles. The van der Waals surface area contributed by atoms with Crippen molar-refractivity contribution in [1.29, 1.82) is 5.26 Å². The van der Waals surface area contributed by atoms with Crippen molar-refractivity contribution in [1.82, 2.24) is 9.88 Å². The standard InChI is InChI=1S/C37H39N3O4/c1-5-9-32(36(43)44-25-27-10-7-6-8-11-27)34(35(42)39-33(24-41)37(2,3)4)40-21-20-31(23-40)30-18-16-29(17-19-30)28-14-12-26(22-38)13-15-28/h5-8,10-21,23,32-34,41H,1,9,24-25H2,2-4H3,(H,39,42)/t32-,33+,34?/m0/s1. The van der Waals surface area contributed by atoms with Crippen LogP contribution in [0, 0.1) is 22.7 Å². The number of allylic oxidation sites excluding steroid dienone is 1. The van der Waals surface area contributed by atoms with E-state index in [1.807, 2.05) is 99.8 Å². The number of benzene rings is 3. The number of aliphatic hydroxyl groups excluding tert-OH is 1. The first-order valence-electron chi connectivity index (χ1n) is 14.7. The topological polar surface area (TPSA) is 104 Å². The summed E-state index contributed by atoms with van der Waals surface area (Å²) in [6.45, 7) is 9.51. The van der Waals surface area contributed by atoms with Crippen LogP contribution in [-0.4, -0.2) is 34.2 Å². The molecule has 226 valence electrons. The van der Waals surface area contributed by atoms with Gasteiger partial charge in [-0.1, -0.05) is 93.6 Å². The molecule has 1 unspecified atom stereocenters. The molecule has 2 N–H and O–H groups in total. The maximum Gasteiger partial charge on any atom is 0.312 e. The van der Waals surface area contributed by atoms with Gasteiger partial charge in [-0.05, 0) is 57.9 Å². The molecule has 0 spiro atoms. The van der Waals surface area contributed by atoms with E-state index in [9.17, 15) is 14.7 Å². The first kappa shape index (κ1) is 32.0. The fraction of sp³-hybridized carbons (Fsp3) is 0.270. The predicted molar refractivity (Wildman–Crippen MR) is 172 cm³/mol. The molecule has 1 amide bonds. The average Bonchev–Trinajstić information content (AvgIpc) is 3.52. The van der Waals surface area contributed by atoms with Crippen molar-refractivity contribution in [2.24, 2.45) is 11.3 Å². The minimum Gasteiger partial charge on any atom is -0.461 e. The van der Waals surface area contributed by atoms with E-state index in [2.05, 4.69) is 18.0 Å². The lowest BCUT2D eigenvalue weighted by atomic mass is 9.86. The SMILES string of the molecule is C=CC[C@H](C(=O)OCc1ccccc1)C(C(=O)N[C@H](CO)C(C)(C)C)n1ccc(-c2ccc(-c3ccc(C#N)cc3)cc2)c1. The second-order valence-electron chi connectivity index (χ2n) is 11.9. The Labute approximate surface area is 259 Å². The number of carbonyl (C=O) groups excluding carboxylic acids is 2. The zero-order valence-electron chi connectivity index (χ0n) is 25.4. The van der Waals surface area contributed by atoms with E-state index >= 15 is 0 Å². The first-order valence-corrected chi connectivity index (χ1v) is 14.7. The van der Waals surface area contributed by atoms with Gasteiger partial charge in [-0.25, -0.2) is 0 Å². The predicted octanol–water partition coefficient (Wildman–Crippen LogP) is 6.69. The maximum absolute atomic E-state index is 13.9. The Balaban J connectivity index is 1.64. The van der Waals surface area contributed by atoms with Gasteiger partial charge in [-0.15, -0.1) is 6.58 Å². The van der Waals surface area contributed by atoms with Crippen LogP contribution in [0.5, 0.6) is 0 Å². The smallest absolute Gasteiger partial charge is 0.312 e. The van der Waals surface area contributed by atoms with Gasteiger partial charge < -0.3 is 19.7 Å². The molecule has 0 aliphatic heterocycles. The van der Waals surface area contributed by atoms with E-state index in [4.69, 9.17) is 10.00 Å². The highest BCUT2D eigenvalue weighted by Crippen LogP contribution is 2.31. The molecule has 0 radical (unpaired) electrons. The summed E-state index contributed by atoms with van der Waals surface area (Å²) in [6, 6.07) is 27.4. The summed E-state index contributed by atoms with van der Waals surface area (Å²) in [7, 11) is 0. The largest absolute Gasteiger partial charge is 0.461 e. The maximum atomic E-state index is 13.9. The molecule has 3 atom stereocenters. The van der Waals surface area contributed by atoms with Crippen molar-refractivity contribution >= 4 is 11.9 Å². The van der Waals surface area contributed by atoms with Crippen molar-refractivity contribution < 1.29 is 19.4 Å². The fourth-order valence-corrected chi connectivity index (χ4v) is 5.04. The van der Waals surface area contributed by atoms with Gasteiger partial charge in [0.05, 0.1) is 30.2 Å². The summed E-state index contributed by atoms with van der Waals surface area (Å²) < 4.78 is 7.45. The van der Waals surface area contributed by atoms with E-state index in [0.717, 1.165) is 27.8 Å². The number of carbonyl (C=O) groups is 2. The second-order valence-corrected chi connectivity index (χ2v) is 11.9. The molecule has 0 fully saturated rings. The van der Waals surface area contributed by atoms with Crippen LogP contribution in [0.1, 0.15) is 44.4 Å². The number of hydrogen-bond acceptors (Lipinski definition) is 5. The summed E-state index contributed by atoms with van der Waals surface area (Å²) in [6.07, 6.45) is 5.48. The molecule has 3 aromatic carbocycles. The Morgan fingerprint density at radius 3 is 2.09 bits per heavy atom. The molecule has 0 aliphatic carbocycles. The zero-order valence-corrected chi connectivity index (χ0v) is 25.4. The summed E-state index contributed by atoms with van der Waals surface area (Å²) in [4.78, 5) is 27.5. The number of aliphatic hydroxyl groups is 1. The zero-order chi connectivity index (χ0) is 31.7. The normalized spacial score (nSPS) is 13.2. The molecule has 4 aromatic rings. The molecule has 0 aliphatic rings. The van der Waals surface area contributed by atoms with Crippen molar-refractivity contribution in [3.63, 3.8) is 0 Å².